The van der Waals surface area contributed by atoms with Crippen LogP contribution in [0.5, 0.6) is 0 Å². The van der Waals surface area contributed by atoms with E-state index in [1.165, 1.54) is 327 Å². The van der Waals surface area contributed by atoms with Gasteiger partial charge in [-0.25, -0.2) is 0 Å². The molecule has 0 aliphatic heterocycles. The highest BCUT2D eigenvalue weighted by molar-refractivity contribution is 5.76. The van der Waals surface area contributed by atoms with Gasteiger partial charge in [0.05, 0.1) is 25.4 Å². The number of amides is 1. The Kier molecular flexibility index (Phi) is 64.9. The molecule has 0 aromatic rings. The van der Waals surface area contributed by atoms with Crippen molar-refractivity contribution in [2.45, 2.75) is 411 Å². The van der Waals surface area contributed by atoms with Crippen LogP contribution in [0.4, 0.5) is 0 Å². The first-order valence-corrected chi connectivity index (χ1v) is 34.9. The molecule has 0 heterocycles. The van der Waals surface area contributed by atoms with Crippen molar-refractivity contribution >= 4 is 11.9 Å². The van der Waals surface area contributed by atoms with Gasteiger partial charge in [0.1, 0.15) is 0 Å². The number of esters is 1. The lowest BCUT2D eigenvalue weighted by Gasteiger charge is -2.22. The molecule has 0 saturated heterocycles. The highest BCUT2D eigenvalue weighted by Gasteiger charge is 2.20. The summed E-state index contributed by atoms with van der Waals surface area (Å²) in [5.41, 5.74) is 0. The Morgan fingerprint density at radius 1 is 0.355 bits per heavy atom. The molecule has 0 saturated carbocycles. The predicted molar refractivity (Wildman–Crippen MR) is 333 cm³/mol. The van der Waals surface area contributed by atoms with Gasteiger partial charge < -0.3 is 20.3 Å². The third-order valence-electron chi connectivity index (χ3n) is 16.6. The average molecular weight is 1070 g/mol. The van der Waals surface area contributed by atoms with Crippen molar-refractivity contribution in [1.82, 2.24) is 5.32 Å². The summed E-state index contributed by atoms with van der Waals surface area (Å²) in [5.74, 6) is -0.0311. The van der Waals surface area contributed by atoms with Gasteiger partial charge in [0.15, 0.2) is 0 Å². The van der Waals surface area contributed by atoms with Crippen LogP contribution in [0.2, 0.25) is 0 Å². The molecular weight excluding hydrogens is 935 g/mol. The highest BCUT2D eigenvalue weighted by atomic mass is 16.5. The quantitative estimate of drug-likeness (QED) is 0.0320. The minimum atomic E-state index is -0.672. The Morgan fingerprint density at radius 3 is 0.934 bits per heavy atom. The minimum Gasteiger partial charge on any atom is -0.466 e. The molecule has 452 valence electrons. The number of ether oxygens (including phenoxy) is 1. The fraction of sp³-hybridized carbons (Fsp3) is 0.943. The van der Waals surface area contributed by atoms with Crippen LogP contribution in [-0.4, -0.2) is 47.4 Å². The molecule has 0 fully saturated rings. The normalized spacial score (nSPS) is 12.5. The summed E-state index contributed by atoms with van der Waals surface area (Å²) in [5, 5.41) is 23.4. The maximum Gasteiger partial charge on any atom is 0.305 e. The SMILES string of the molecule is CCCCCCCCCCCCCCCCCCCCCCCCCCCC(O)C(CO)NC(=O)CCCCCCCCC/C=C\CCCCCCCCCCOC(=O)CCCCCCCCCCCCCCCCC. The number of aliphatic hydroxyl groups is 2. The Morgan fingerprint density at radius 2 is 0.618 bits per heavy atom. The second-order valence-corrected chi connectivity index (χ2v) is 24.2. The van der Waals surface area contributed by atoms with Crippen molar-refractivity contribution in [3.05, 3.63) is 12.2 Å². The Hall–Kier alpha value is -1.40. The molecule has 1 amide bonds. The second kappa shape index (κ2) is 66.1. The van der Waals surface area contributed by atoms with Crippen molar-refractivity contribution in [1.29, 1.82) is 0 Å². The monoisotopic (exact) mass is 1070 g/mol. The number of carbonyl (C=O) groups excluding carboxylic acids is 2. The summed E-state index contributed by atoms with van der Waals surface area (Å²) in [4.78, 5) is 24.6. The first-order chi connectivity index (χ1) is 37.5. The van der Waals surface area contributed by atoms with Gasteiger partial charge in [-0.2, -0.15) is 0 Å². The fourth-order valence-electron chi connectivity index (χ4n) is 11.2. The first kappa shape index (κ1) is 74.6. The zero-order valence-corrected chi connectivity index (χ0v) is 51.8. The Balaban J connectivity index is 3.42. The lowest BCUT2D eigenvalue weighted by molar-refractivity contribution is -0.143. The van der Waals surface area contributed by atoms with Crippen molar-refractivity contribution in [3.63, 3.8) is 0 Å². The van der Waals surface area contributed by atoms with E-state index in [4.69, 9.17) is 4.74 Å². The van der Waals surface area contributed by atoms with Gasteiger partial charge in [-0.3, -0.25) is 9.59 Å². The zero-order chi connectivity index (χ0) is 55.0. The number of unbranched alkanes of at least 4 members (excludes halogenated alkanes) is 53. The molecule has 0 aliphatic rings. The van der Waals surface area contributed by atoms with Crippen molar-refractivity contribution in [2.24, 2.45) is 0 Å². The number of hydrogen-bond acceptors (Lipinski definition) is 5. The topological polar surface area (TPSA) is 95.9 Å². The highest BCUT2D eigenvalue weighted by Crippen LogP contribution is 2.19. The van der Waals surface area contributed by atoms with E-state index in [1.807, 2.05) is 0 Å². The Bertz CT molecular complexity index is 1140. The number of rotatable bonds is 66. The molecule has 3 N–H and O–H groups in total. The third kappa shape index (κ3) is 61.8. The molecule has 0 rings (SSSR count). The van der Waals surface area contributed by atoms with Crippen LogP contribution < -0.4 is 5.32 Å². The van der Waals surface area contributed by atoms with Crippen LogP contribution in [0.15, 0.2) is 12.2 Å². The van der Waals surface area contributed by atoms with E-state index in [0.29, 0.717) is 25.9 Å². The second-order valence-electron chi connectivity index (χ2n) is 24.2. The number of nitrogens with one attached hydrogen (secondary N) is 1. The predicted octanol–water partition coefficient (Wildman–Crippen LogP) is 22.4. The largest absolute Gasteiger partial charge is 0.466 e. The minimum absolute atomic E-state index is 0.00825. The molecule has 2 unspecified atom stereocenters. The summed E-state index contributed by atoms with van der Waals surface area (Å²) >= 11 is 0. The van der Waals surface area contributed by atoms with E-state index in [1.54, 1.807) is 0 Å². The molecule has 2 atom stereocenters. The van der Waals surface area contributed by atoms with E-state index in [0.717, 1.165) is 38.5 Å². The van der Waals surface area contributed by atoms with Gasteiger partial charge >= 0.3 is 5.97 Å². The number of carbonyl (C=O) groups is 2. The average Bonchev–Trinajstić information content (AvgIpc) is 3.42. The van der Waals surface area contributed by atoms with Gasteiger partial charge in [0, 0.05) is 12.8 Å². The van der Waals surface area contributed by atoms with E-state index in [-0.39, 0.29) is 18.5 Å². The summed E-state index contributed by atoms with van der Waals surface area (Å²) in [6, 6.07) is -0.549. The lowest BCUT2D eigenvalue weighted by atomic mass is 10.0. The van der Waals surface area contributed by atoms with Crippen molar-refractivity contribution < 1.29 is 24.5 Å². The smallest absolute Gasteiger partial charge is 0.305 e. The number of allylic oxidation sites excluding steroid dienone is 2. The number of hydrogen-bond donors (Lipinski definition) is 3. The van der Waals surface area contributed by atoms with Gasteiger partial charge in [0.25, 0.3) is 0 Å². The van der Waals surface area contributed by atoms with E-state index < -0.39 is 12.1 Å². The summed E-state index contributed by atoms with van der Waals surface area (Å²) in [6.07, 6.45) is 81.0. The maximum absolute atomic E-state index is 12.5. The molecule has 0 aromatic carbocycles. The maximum atomic E-state index is 12.5. The van der Waals surface area contributed by atoms with Crippen LogP contribution in [-0.2, 0) is 14.3 Å². The molecule has 76 heavy (non-hydrogen) atoms. The van der Waals surface area contributed by atoms with Crippen molar-refractivity contribution in [2.75, 3.05) is 13.2 Å². The van der Waals surface area contributed by atoms with Gasteiger partial charge in [-0.1, -0.05) is 347 Å². The van der Waals surface area contributed by atoms with E-state index in [9.17, 15) is 19.8 Å². The van der Waals surface area contributed by atoms with E-state index in [2.05, 4.69) is 31.3 Å². The molecule has 0 spiro atoms. The standard InChI is InChI=1S/C70H137NO5/c1-3-5-7-9-11-13-15-17-19-20-21-22-23-24-25-26-28-31-35-38-42-46-50-54-58-62-68(73)67(66-72)71-69(74)63-59-55-51-47-43-39-36-32-29-27-30-33-37-41-45-49-53-57-61-65-76-70(75)64-60-56-52-48-44-40-34-18-16-14-12-10-8-6-4-2/h27,29,67-68,72-73H,3-26,28,30-66H2,1-2H3,(H,71,74)/b29-27-. The third-order valence-corrected chi connectivity index (χ3v) is 16.6. The molecule has 0 radical (unpaired) electrons. The molecule has 0 bridgehead atoms. The van der Waals surface area contributed by atoms with Gasteiger partial charge in [-0.05, 0) is 51.4 Å². The molecule has 6 nitrogen and oxygen atoms in total. The zero-order valence-electron chi connectivity index (χ0n) is 51.8. The van der Waals surface area contributed by atoms with Crippen LogP contribution in [0, 0.1) is 0 Å². The molecule has 0 aliphatic carbocycles. The Labute approximate surface area is 476 Å². The summed E-state index contributed by atoms with van der Waals surface area (Å²) in [6.45, 7) is 4.99. The van der Waals surface area contributed by atoms with Crippen molar-refractivity contribution in [3.8, 4) is 0 Å². The fourth-order valence-corrected chi connectivity index (χ4v) is 11.2. The van der Waals surface area contributed by atoms with E-state index >= 15 is 0 Å². The first-order valence-electron chi connectivity index (χ1n) is 34.9. The summed E-state index contributed by atoms with van der Waals surface area (Å²) < 4.78 is 5.49. The molecule has 0 aromatic heterocycles. The lowest BCUT2D eigenvalue weighted by Crippen LogP contribution is -2.45. The van der Waals surface area contributed by atoms with Gasteiger partial charge in [-0.15, -0.1) is 0 Å². The summed E-state index contributed by atoms with van der Waals surface area (Å²) in [7, 11) is 0. The molecule has 6 heteroatoms. The molecular formula is C70H137NO5. The van der Waals surface area contributed by atoms with Crippen LogP contribution in [0.1, 0.15) is 399 Å². The van der Waals surface area contributed by atoms with Crippen LogP contribution >= 0.6 is 0 Å². The van der Waals surface area contributed by atoms with Crippen LogP contribution in [0.25, 0.3) is 0 Å². The van der Waals surface area contributed by atoms with Gasteiger partial charge in [0.2, 0.25) is 5.91 Å². The number of aliphatic hydroxyl groups excluding tert-OH is 2. The van der Waals surface area contributed by atoms with Crippen LogP contribution in [0.3, 0.4) is 0 Å².